The number of rotatable bonds is 2. The van der Waals surface area contributed by atoms with Gasteiger partial charge in [-0.25, -0.2) is 0 Å². The average molecular weight is 162 g/mol. The Morgan fingerprint density at radius 2 is 2.00 bits per heavy atom. The van der Waals surface area contributed by atoms with E-state index in [1.54, 1.807) is 13.1 Å². The summed E-state index contributed by atoms with van der Waals surface area (Å²) in [5, 5.41) is 7.30. The fraction of sp³-hybridized carbons (Fsp3) is 0.300. The lowest BCUT2D eigenvalue weighted by atomic mass is 10.2. The van der Waals surface area contributed by atoms with Gasteiger partial charge in [-0.05, 0) is 26.3 Å². The highest BCUT2D eigenvalue weighted by Crippen LogP contribution is 2.06. The van der Waals surface area contributed by atoms with Crippen molar-refractivity contribution in [2.45, 2.75) is 20.8 Å². The molecule has 64 valence electrons. The largest absolute Gasteiger partial charge is 0.288 e. The van der Waals surface area contributed by atoms with Gasteiger partial charge >= 0.3 is 0 Å². The van der Waals surface area contributed by atoms with Gasteiger partial charge in [0.1, 0.15) is 5.84 Å². The Bertz CT molecular complexity index is 266. The number of hydrogen-bond acceptors (Lipinski definition) is 1. The van der Waals surface area contributed by atoms with Crippen LogP contribution in [-0.4, -0.2) is 10.7 Å². The molecule has 0 aliphatic heterocycles. The van der Waals surface area contributed by atoms with Crippen molar-refractivity contribution in [2.24, 2.45) is 0 Å². The molecule has 0 spiro atoms. The van der Waals surface area contributed by atoms with E-state index in [0.717, 1.165) is 11.1 Å². The van der Waals surface area contributed by atoms with Crippen LogP contribution in [0.5, 0.6) is 0 Å². The van der Waals surface area contributed by atoms with Crippen LogP contribution in [0.4, 0.5) is 0 Å². The molecule has 0 unspecified atom stereocenters. The Labute approximate surface area is 74.1 Å². The van der Waals surface area contributed by atoms with Crippen molar-refractivity contribution < 1.29 is 0 Å². The molecule has 0 aliphatic rings. The number of nitrogens with zero attached hydrogens (tertiary/aromatic N) is 1. The highest BCUT2D eigenvalue weighted by atomic mass is 15.1. The van der Waals surface area contributed by atoms with E-state index < -0.39 is 0 Å². The molecule has 1 N–H and O–H groups in total. The van der Waals surface area contributed by atoms with Crippen molar-refractivity contribution in [1.82, 2.24) is 4.90 Å². The maximum atomic E-state index is 7.30. The molecule has 0 aromatic rings. The maximum absolute atomic E-state index is 7.30. The number of terminal acetylenes is 1. The van der Waals surface area contributed by atoms with Crippen LogP contribution in [0.1, 0.15) is 20.8 Å². The number of hydrogen-bond donors (Lipinski definition) is 1. The molecule has 0 bridgehead atoms. The highest BCUT2D eigenvalue weighted by Gasteiger charge is 1.98. The van der Waals surface area contributed by atoms with Gasteiger partial charge in [-0.15, -0.1) is 0 Å². The molecular weight excluding hydrogens is 148 g/mol. The van der Waals surface area contributed by atoms with E-state index in [1.807, 2.05) is 13.8 Å². The van der Waals surface area contributed by atoms with Gasteiger partial charge in [0.15, 0.2) is 0 Å². The second kappa shape index (κ2) is 4.40. The van der Waals surface area contributed by atoms with E-state index in [2.05, 4.69) is 12.6 Å². The van der Waals surface area contributed by atoms with Gasteiger partial charge in [0.05, 0.1) is 0 Å². The lowest BCUT2D eigenvalue weighted by Crippen LogP contribution is -2.16. The summed E-state index contributed by atoms with van der Waals surface area (Å²) in [6.07, 6.45) is 6.91. The smallest absolute Gasteiger partial charge is 0.109 e. The van der Waals surface area contributed by atoms with Gasteiger partial charge in [0, 0.05) is 12.2 Å². The van der Waals surface area contributed by atoms with Gasteiger partial charge < -0.3 is 0 Å². The van der Waals surface area contributed by atoms with Crippen LogP contribution in [0, 0.1) is 17.9 Å². The molecule has 0 heterocycles. The van der Waals surface area contributed by atoms with E-state index in [0.29, 0.717) is 5.84 Å². The summed E-state index contributed by atoms with van der Waals surface area (Å²) < 4.78 is 0. The van der Waals surface area contributed by atoms with Crippen LogP contribution in [0.15, 0.2) is 23.9 Å². The minimum absolute atomic E-state index is 0.332. The molecule has 0 amide bonds. The zero-order chi connectivity index (χ0) is 9.72. The summed E-state index contributed by atoms with van der Waals surface area (Å²) >= 11 is 0. The molecule has 0 rings (SSSR count). The van der Waals surface area contributed by atoms with Crippen LogP contribution in [-0.2, 0) is 0 Å². The van der Waals surface area contributed by atoms with Crippen molar-refractivity contribution in [3.63, 3.8) is 0 Å². The highest BCUT2D eigenvalue weighted by molar-refractivity contribution is 5.79. The van der Waals surface area contributed by atoms with Gasteiger partial charge in [-0.2, -0.15) is 0 Å². The Hall–Kier alpha value is -1.49. The third-order valence-electron chi connectivity index (χ3n) is 1.50. The van der Waals surface area contributed by atoms with Crippen molar-refractivity contribution in [1.29, 1.82) is 5.41 Å². The Morgan fingerprint density at radius 3 is 2.25 bits per heavy atom. The second-order valence-electron chi connectivity index (χ2n) is 2.68. The summed E-state index contributed by atoms with van der Waals surface area (Å²) in [5.74, 6) is 0.332. The standard InChI is InChI=1S/C10H14N2/c1-6-12(10(5)11)7-9(4)8(2)3/h1,7,11H,2H2,3-5H3/b9-7+,11-10?. The molecule has 12 heavy (non-hydrogen) atoms. The predicted molar refractivity (Wildman–Crippen MR) is 52.6 cm³/mol. The maximum Gasteiger partial charge on any atom is 0.109 e. The lowest BCUT2D eigenvalue weighted by Gasteiger charge is -2.11. The Morgan fingerprint density at radius 1 is 1.50 bits per heavy atom. The van der Waals surface area contributed by atoms with Crippen LogP contribution < -0.4 is 0 Å². The molecule has 0 aromatic carbocycles. The third kappa shape index (κ3) is 3.07. The Kier molecular flexibility index (Phi) is 3.85. The first kappa shape index (κ1) is 10.5. The number of amidine groups is 1. The van der Waals surface area contributed by atoms with E-state index >= 15 is 0 Å². The fourth-order valence-corrected chi connectivity index (χ4v) is 0.535. The normalized spacial score (nSPS) is 10.3. The van der Waals surface area contributed by atoms with E-state index in [-0.39, 0.29) is 0 Å². The number of nitrogens with one attached hydrogen (secondary N) is 1. The molecule has 0 aliphatic carbocycles. The molecule has 0 saturated carbocycles. The van der Waals surface area contributed by atoms with Crippen molar-refractivity contribution in [2.75, 3.05) is 0 Å². The van der Waals surface area contributed by atoms with E-state index in [1.165, 1.54) is 4.90 Å². The fourth-order valence-electron chi connectivity index (χ4n) is 0.535. The van der Waals surface area contributed by atoms with Crippen LogP contribution in [0.3, 0.4) is 0 Å². The molecule has 0 aromatic heterocycles. The summed E-state index contributed by atoms with van der Waals surface area (Å²) in [6, 6.07) is 2.38. The van der Waals surface area contributed by atoms with Crippen LogP contribution >= 0.6 is 0 Å². The molecule has 2 nitrogen and oxygen atoms in total. The second-order valence-corrected chi connectivity index (χ2v) is 2.68. The lowest BCUT2D eigenvalue weighted by molar-refractivity contribution is 0.778. The van der Waals surface area contributed by atoms with Crippen molar-refractivity contribution >= 4 is 5.84 Å². The zero-order valence-corrected chi connectivity index (χ0v) is 7.81. The monoisotopic (exact) mass is 162 g/mol. The minimum Gasteiger partial charge on any atom is -0.288 e. The molecule has 0 fully saturated rings. The summed E-state index contributed by atoms with van der Waals surface area (Å²) in [5.41, 5.74) is 1.94. The predicted octanol–water partition coefficient (Wildman–Crippen LogP) is 2.36. The SMILES string of the molecule is C#CN(/C=C(\C)C(=C)C)C(C)=N. The summed E-state index contributed by atoms with van der Waals surface area (Å²) in [6.45, 7) is 9.22. The molecule has 2 heteroatoms. The van der Waals surface area contributed by atoms with Gasteiger partial charge in [-0.1, -0.05) is 18.6 Å². The van der Waals surface area contributed by atoms with Gasteiger partial charge in [0.25, 0.3) is 0 Å². The molecular formula is C10H14N2. The first-order valence-electron chi connectivity index (χ1n) is 3.64. The van der Waals surface area contributed by atoms with Crippen molar-refractivity contribution in [3.8, 4) is 12.5 Å². The zero-order valence-electron chi connectivity index (χ0n) is 7.81. The van der Waals surface area contributed by atoms with Gasteiger partial charge in [-0.3, -0.25) is 10.3 Å². The summed E-state index contributed by atoms with van der Waals surface area (Å²) in [7, 11) is 0. The summed E-state index contributed by atoms with van der Waals surface area (Å²) in [4.78, 5) is 1.42. The van der Waals surface area contributed by atoms with E-state index in [9.17, 15) is 0 Å². The molecule has 0 radical (unpaired) electrons. The van der Waals surface area contributed by atoms with Crippen molar-refractivity contribution in [3.05, 3.63) is 23.9 Å². The Balaban J connectivity index is 4.61. The number of allylic oxidation sites excluding steroid dienone is 2. The average Bonchev–Trinajstić information content (AvgIpc) is 1.98. The van der Waals surface area contributed by atoms with Gasteiger partial charge in [0.2, 0.25) is 0 Å². The molecule has 0 atom stereocenters. The third-order valence-corrected chi connectivity index (χ3v) is 1.50. The minimum atomic E-state index is 0.332. The quantitative estimate of drug-likeness (QED) is 0.218. The van der Waals surface area contributed by atoms with Crippen LogP contribution in [0.25, 0.3) is 0 Å². The van der Waals surface area contributed by atoms with Crippen LogP contribution in [0.2, 0.25) is 0 Å². The first-order valence-corrected chi connectivity index (χ1v) is 3.64. The van der Waals surface area contributed by atoms with E-state index in [4.69, 9.17) is 11.8 Å². The topological polar surface area (TPSA) is 27.1 Å². The first-order chi connectivity index (χ1) is 5.49. The molecule has 0 saturated heterocycles.